The Balaban J connectivity index is 1.25. The van der Waals surface area contributed by atoms with Gasteiger partial charge in [0.1, 0.15) is 0 Å². The van der Waals surface area contributed by atoms with Crippen LogP contribution in [-0.4, -0.2) is 74.0 Å². The molecule has 0 radical (unpaired) electrons. The number of nitriles is 1. The second-order valence-electron chi connectivity index (χ2n) is 8.14. The largest absolute Gasteiger partial charge is 0.366 e. The lowest BCUT2D eigenvalue weighted by Gasteiger charge is -2.37. The van der Waals surface area contributed by atoms with Gasteiger partial charge in [-0.1, -0.05) is 12.1 Å². The van der Waals surface area contributed by atoms with Crippen LogP contribution in [0.5, 0.6) is 0 Å². The molecule has 12 nitrogen and oxygen atoms in total. The Kier molecular flexibility index (Phi) is 5.80. The fourth-order valence-corrected chi connectivity index (χ4v) is 4.13. The van der Waals surface area contributed by atoms with E-state index in [1.165, 1.54) is 22.1 Å². The summed E-state index contributed by atoms with van der Waals surface area (Å²) in [6.45, 7) is 2.06. The van der Waals surface area contributed by atoms with Crippen LogP contribution in [0.2, 0.25) is 0 Å². The molecule has 0 bridgehead atoms. The Morgan fingerprint density at radius 1 is 1.14 bits per heavy atom. The van der Waals surface area contributed by atoms with Gasteiger partial charge in [0.15, 0.2) is 5.82 Å². The number of benzene rings is 1. The van der Waals surface area contributed by atoms with Crippen molar-refractivity contribution >= 4 is 24.1 Å². The highest BCUT2D eigenvalue weighted by Gasteiger charge is 2.33. The number of carbonyl (C=O) groups excluding carboxylic acids is 2. The van der Waals surface area contributed by atoms with Crippen molar-refractivity contribution in [2.45, 2.75) is 12.5 Å². The van der Waals surface area contributed by atoms with Crippen LogP contribution in [0.4, 0.5) is 10.7 Å². The molecule has 176 valence electrons. The highest BCUT2D eigenvalue weighted by Crippen LogP contribution is 2.30. The number of hydrogen-bond acceptors (Lipinski definition) is 8. The summed E-state index contributed by atoms with van der Waals surface area (Å²) in [6, 6.07) is 10.7. The molecule has 1 aromatic carbocycles. The number of rotatable bonds is 4. The minimum atomic E-state index is -0.561. The van der Waals surface area contributed by atoms with E-state index < -0.39 is 5.91 Å². The van der Waals surface area contributed by atoms with Crippen LogP contribution in [0.15, 0.2) is 54.0 Å². The number of hydrogen-bond donors (Lipinski definition) is 1. The van der Waals surface area contributed by atoms with Crippen molar-refractivity contribution in [2.24, 2.45) is 10.8 Å². The quantitative estimate of drug-likeness (QED) is 0.604. The Morgan fingerprint density at radius 3 is 2.71 bits per heavy atom. The molecule has 0 unspecified atom stereocenters. The van der Waals surface area contributed by atoms with Gasteiger partial charge in [0.25, 0.3) is 5.91 Å². The van der Waals surface area contributed by atoms with Crippen LogP contribution in [0.25, 0.3) is 5.82 Å². The van der Waals surface area contributed by atoms with Gasteiger partial charge in [-0.15, -0.1) is 0 Å². The number of hydrazone groups is 1. The van der Waals surface area contributed by atoms with Gasteiger partial charge in [0.05, 0.1) is 29.4 Å². The van der Waals surface area contributed by atoms with Gasteiger partial charge in [-0.25, -0.2) is 19.5 Å². The molecule has 0 saturated carbocycles. The molecule has 0 spiro atoms. The highest BCUT2D eigenvalue weighted by atomic mass is 16.2. The number of aromatic nitrogens is 4. The van der Waals surface area contributed by atoms with E-state index >= 15 is 0 Å². The average molecular weight is 470 g/mol. The average Bonchev–Trinajstić information content (AvgIpc) is 3.59. The molecular formula is C23H22N10O2. The number of nitrogens with two attached hydrogens (primary N) is 1. The van der Waals surface area contributed by atoms with Crippen molar-refractivity contribution in [1.82, 2.24) is 29.7 Å². The molecule has 4 heterocycles. The molecule has 1 saturated heterocycles. The van der Waals surface area contributed by atoms with E-state index in [1.54, 1.807) is 35.5 Å². The molecule has 2 aliphatic heterocycles. The first-order chi connectivity index (χ1) is 17.0. The van der Waals surface area contributed by atoms with E-state index in [9.17, 15) is 14.9 Å². The van der Waals surface area contributed by atoms with E-state index in [0.717, 1.165) is 5.56 Å². The molecule has 1 fully saturated rings. The van der Waals surface area contributed by atoms with Crippen molar-refractivity contribution in [1.29, 1.82) is 5.26 Å². The highest BCUT2D eigenvalue weighted by molar-refractivity contribution is 5.92. The summed E-state index contributed by atoms with van der Waals surface area (Å²) in [7, 11) is 0. The number of primary amides is 1. The Bertz CT molecular complexity index is 1340. The van der Waals surface area contributed by atoms with Crippen molar-refractivity contribution in [3.8, 4) is 11.9 Å². The van der Waals surface area contributed by atoms with Crippen LogP contribution in [-0.2, 0) is 0 Å². The van der Waals surface area contributed by atoms with E-state index in [2.05, 4.69) is 26.2 Å². The number of nitrogens with zero attached hydrogens (tertiary/aromatic N) is 9. The first-order valence-corrected chi connectivity index (χ1v) is 11.1. The molecule has 3 aromatic rings. The maximum absolute atomic E-state index is 13.3. The topological polar surface area (TPSA) is 150 Å². The third kappa shape index (κ3) is 4.39. The summed E-state index contributed by atoms with van der Waals surface area (Å²) < 4.78 is 1.47. The number of amides is 3. The summed E-state index contributed by atoms with van der Waals surface area (Å²) in [6.07, 6.45) is 6.87. The molecule has 2 aliphatic rings. The predicted octanol–water partition coefficient (Wildman–Crippen LogP) is 1.31. The number of urea groups is 1. The summed E-state index contributed by atoms with van der Waals surface area (Å²) in [5.41, 5.74) is 7.03. The standard InChI is InChI=1S/C23H22N10O2/c24-13-16-2-1-3-17(12-16)19-4-7-27-33(19)23(35)31-10-8-30(9-11-31)22-26-6-5-20(29-22)32-15-18(14-28-32)21(25)34/h1-3,5-7,12,14-15,19H,4,8-11H2,(H2,25,34)/t19-/m0/s1. The zero-order valence-electron chi connectivity index (χ0n) is 18.7. The Labute approximate surface area is 200 Å². The Morgan fingerprint density at radius 2 is 1.97 bits per heavy atom. The van der Waals surface area contributed by atoms with Gasteiger partial charge in [0.2, 0.25) is 5.95 Å². The third-order valence-corrected chi connectivity index (χ3v) is 5.99. The van der Waals surface area contributed by atoms with Crippen LogP contribution >= 0.6 is 0 Å². The minimum Gasteiger partial charge on any atom is -0.366 e. The number of piperazine rings is 1. The van der Waals surface area contributed by atoms with E-state index in [4.69, 9.17) is 5.73 Å². The van der Waals surface area contributed by atoms with E-state index in [-0.39, 0.29) is 12.1 Å². The monoisotopic (exact) mass is 470 g/mol. The fourth-order valence-electron chi connectivity index (χ4n) is 4.13. The number of carbonyl (C=O) groups is 2. The van der Waals surface area contributed by atoms with Gasteiger partial charge in [-0.3, -0.25) is 4.79 Å². The van der Waals surface area contributed by atoms with Crippen molar-refractivity contribution in [3.05, 3.63) is 65.6 Å². The van der Waals surface area contributed by atoms with Crippen LogP contribution in [0.3, 0.4) is 0 Å². The van der Waals surface area contributed by atoms with Gasteiger partial charge < -0.3 is 15.5 Å². The molecule has 0 aliphatic carbocycles. The summed E-state index contributed by atoms with van der Waals surface area (Å²) >= 11 is 0. The van der Waals surface area contributed by atoms with Crippen molar-refractivity contribution in [3.63, 3.8) is 0 Å². The van der Waals surface area contributed by atoms with Crippen molar-refractivity contribution < 1.29 is 9.59 Å². The van der Waals surface area contributed by atoms with Gasteiger partial charge in [0, 0.05) is 57.3 Å². The molecule has 2 N–H and O–H groups in total. The van der Waals surface area contributed by atoms with E-state index in [1.807, 2.05) is 17.0 Å². The third-order valence-electron chi connectivity index (χ3n) is 5.99. The molecular weight excluding hydrogens is 448 g/mol. The normalized spacial score (nSPS) is 17.5. The van der Waals surface area contributed by atoms with Gasteiger partial charge in [-0.2, -0.15) is 20.4 Å². The van der Waals surface area contributed by atoms with Gasteiger partial charge >= 0.3 is 6.03 Å². The maximum atomic E-state index is 13.3. The second-order valence-corrected chi connectivity index (χ2v) is 8.14. The summed E-state index contributed by atoms with van der Waals surface area (Å²) in [4.78, 5) is 37.3. The molecule has 5 rings (SSSR count). The lowest BCUT2D eigenvalue weighted by molar-refractivity contribution is 0.1000. The lowest BCUT2D eigenvalue weighted by atomic mass is 10.0. The first kappa shape index (κ1) is 22.0. The maximum Gasteiger partial charge on any atom is 0.341 e. The van der Waals surface area contributed by atoms with E-state index in [0.29, 0.717) is 55.5 Å². The second kappa shape index (κ2) is 9.22. The predicted molar refractivity (Wildman–Crippen MR) is 126 cm³/mol. The van der Waals surface area contributed by atoms with Crippen LogP contribution in [0.1, 0.15) is 33.9 Å². The molecule has 35 heavy (non-hydrogen) atoms. The number of anilines is 1. The van der Waals surface area contributed by atoms with Crippen LogP contribution in [0, 0.1) is 11.3 Å². The minimum absolute atomic E-state index is 0.170. The van der Waals surface area contributed by atoms with Gasteiger partial charge in [-0.05, 0) is 17.7 Å². The fraction of sp³-hybridized carbons (Fsp3) is 0.261. The Hall–Kier alpha value is -4.79. The molecule has 2 aromatic heterocycles. The summed E-state index contributed by atoms with van der Waals surface area (Å²) in [5, 5.41) is 19.1. The molecule has 12 heteroatoms. The lowest BCUT2D eigenvalue weighted by Crippen LogP contribution is -2.52. The zero-order chi connectivity index (χ0) is 24.4. The SMILES string of the molecule is N#Cc1cccc([C@@H]2CC=NN2C(=O)N2CCN(c3nccc(-n4cc(C(N)=O)cn4)n3)CC2)c1. The first-order valence-electron chi connectivity index (χ1n) is 11.1. The molecule has 3 amide bonds. The smallest absolute Gasteiger partial charge is 0.341 e. The van der Waals surface area contributed by atoms with Crippen molar-refractivity contribution in [2.75, 3.05) is 31.1 Å². The summed E-state index contributed by atoms with van der Waals surface area (Å²) in [5.74, 6) is 0.458. The van der Waals surface area contributed by atoms with Crippen LogP contribution < -0.4 is 10.6 Å². The molecule has 1 atom stereocenters. The zero-order valence-corrected chi connectivity index (χ0v) is 18.7.